The Morgan fingerprint density at radius 2 is 2.26 bits per heavy atom. The molecular weight excluding hydrogens is 244 g/mol. The third kappa shape index (κ3) is 3.52. The first-order valence-corrected chi connectivity index (χ1v) is 6.91. The van der Waals surface area contributed by atoms with Crippen molar-refractivity contribution in [1.29, 1.82) is 0 Å². The van der Waals surface area contributed by atoms with Gasteiger partial charge in [0.15, 0.2) is 0 Å². The second kappa shape index (κ2) is 6.98. The quantitative estimate of drug-likeness (QED) is 0.736. The number of nitrogens with zero attached hydrogens (tertiary/aromatic N) is 4. The molecule has 19 heavy (non-hydrogen) atoms. The molecule has 0 radical (unpaired) electrons. The molecule has 0 saturated carbocycles. The molecule has 1 aromatic rings. The van der Waals surface area contributed by atoms with Crippen molar-refractivity contribution >= 4 is 0 Å². The van der Waals surface area contributed by atoms with Crippen LogP contribution in [0, 0.1) is 0 Å². The molecule has 0 bridgehead atoms. The van der Waals surface area contributed by atoms with E-state index in [0.29, 0.717) is 12.1 Å². The Bertz CT molecular complexity index is 382. The number of methoxy groups -OCH3 is 2. The van der Waals surface area contributed by atoms with Crippen molar-refractivity contribution < 1.29 is 9.47 Å². The smallest absolute Gasteiger partial charge is 0.141 e. The molecule has 0 spiro atoms. The van der Waals surface area contributed by atoms with E-state index >= 15 is 0 Å². The lowest BCUT2D eigenvalue weighted by Crippen LogP contribution is -2.33. The van der Waals surface area contributed by atoms with Gasteiger partial charge in [-0.25, -0.2) is 9.67 Å². The molecule has 0 amide bonds. The molecule has 0 aromatic carbocycles. The second-order valence-electron chi connectivity index (χ2n) is 5.03. The first kappa shape index (κ1) is 14.4. The average molecular weight is 268 g/mol. The average Bonchev–Trinajstić information content (AvgIpc) is 2.99. The van der Waals surface area contributed by atoms with Gasteiger partial charge in [0.25, 0.3) is 0 Å². The first-order chi connectivity index (χ1) is 9.28. The van der Waals surface area contributed by atoms with Gasteiger partial charge in [-0.1, -0.05) is 6.92 Å². The third-order valence-corrected chi connectivity index (χ3v) is 3.66. The highest BCUT2D eigenvalue weighted by Gasteiger charge is 2.32. The van der Waals surface area contributed by atoms with Crippen LogP contribution in [0.5, 0.6) is 0 Å². The lowest BCUT2D eigenvalue weighted by atomic mass is 10.2. The fourth-order valence-electron chi connectivity index (χ4n) is 2.66. The van der Waals surface area contributed by atoms with Crippen molar-refractivity contribution in [2.75, 3.05) is 27.4 Å². The van der Waals surface area contributed by atoms with Gasteiger partial charge < -0.3 is 9.47 Å². The van der Waals surface area contributed by atoms with Crippen molar-refractivity contribution in [3.05, 3.63) is 12.2 Å². The van der Waals surface area contributed by atoms with E-state index in [1.54, 1.807) is 20.5 Å². The molecule has 0 N–H and O–H groups in total. The van der Waals surface area contributed by atoms with Crippen LogP contribution < -0.4 is 0 Å². The highest BCUT2D eigenvalue weighted by Crippen LogP contribution is 2.22. The lowest BCUT2D eigenvalue weighted by Gasteiger charge is -2.22. The van der Waals surface area contributed by atoms with Crippen LogP contribution in [0.1, 0.15) is 25.6 Å². The zero-order valence-electron chi connectivity index (χ0n) is 12.1. The summed E-state index contributed by atoms with van der Waals surface area (Å²) in [5.74, 6) is 1.03. The molecule has 0 unspecified atom stereocenters. The van der Waals surface area contributed by atoms with Crippen molar-refractivity contribution in [2.24, 2.45) is 0 Å². The van der Waals surface area contributed by atoms with Gasteiger partial charge in [0.2, 0.25) is 0 Å². The van der Waals surface area contributed by atoms with Crippen LogP contribution in [0.15, 0.2) is 6.33 Å². The Kier molecular flexibility index (Phi) is 5.30. The van der Waals surface area contributed by atoms with Gasteiger partial charge in [-0.3, -0.25) is 4.90 Å². The summed E-state index contributed by atoms with van der Waals surface area (Å²) in [6.07, 6.45) is 4.02. The first-order valence-electron chi connectivity index (χ1n) is 6.91. The van der Waals surface area contributed by atoms with E-state index in [-0.39, 0.29) is 0 Å². The Morgan fingerprint density at radius 3 is 2.95 bits per heavy atom. The van der Waals surface area contributed by atoms with Gasteiger partial charge in [-0.05, 0) is 12.8 Å². The van der Waals surface area contributed by atoms with Crippen LogP contribution in [0.4, 0.5) is 0 Å². The SMILES string of the molecule is CCCn1ncnc1CN1C[C@H](OC)C[C@H]1COC. The molecule has 0 aliphatic carbocycles. The summed E-state index contributed by atoms with van der Waals surface area (Å²) < 4.78 is 12.8. The monoisotopic (exact) mass is 268 g/mol. The zero-order valence-corrected chi connectivity index (χ0v) is 12.1. The number of hydrogen-bond donors (Lipinski definition) is 0. The summed E-state index contributed by atoms with van der Waals surface area (Å²) in [7, 11) is 3.52. The van der Waals surface area contributed by atoms with Crippen LogP contribution in [-0.4, -0.2) is 59.2 Å². The molecule has 1 fully saturated rings. The lowest BCUT2D eigenvalue weighted by molar-refractivity contribution is 0.104. The minimum Gasteiger partial charge on any atom is -0.383 e. The van der Waals surface area contributed by atoms with E-state index in [9.17, 15) is 0 Å². The Balaban J connectivity index is 2.01. The largest absolute Gasteiger partial charge is 0.383 e. The summed E-state index contributed by atoms with van der Waals surface area (Å²) in [4.78, 5) is 6.76. The van der Waals surface area contributed by atoms with Gasteiger partial charge in [-0.2, -0.15) is 5.10 Å². The molecule has 1 aliphatic rings. The number of aromatic nitrogens is 3. The van der Waals surface area contributed by atoms with Gasteiger partial charge in [0.1, 0.15) is 12.2 Å². The van der Waals surface area contributed by atoms with Crippen molar-refractivity contribution in [3.8, 4) is 0 Å². The Hall–Kier alpha value is -0.980. The molecule has 1 aromatic heterocycles. The second-order valence-corrected chi connectivity index (χ2v) is 5.03. The topological polar surface area (TPSA) is 52.4 Å². The van der Waals surface area contributed by atoms with Gasteiger partial charge in [-0.15, -0.1) is 0 Å². The Labute approximate surface area is 114 Å². The zero-order chi connectivity index (χ0) is 13.7. The fraction of sp³-hybridized carbons (Fsp3) is 0.846. The number of likely N-dealkylation sites (tertiary alicyclic amines) is 1. The van der Waals surface area contributed by atoms with E-state index in [2.05, 4.69) is 21.9 Å². The number of rotatable bonds is 7. The molecule has 2 atom stereocenters. The van der Waals surface area contributed by atoms with Crippen LogP contribution in [-0.2, 0) is 22.6 Å². The molecule has 6 nitrogen and oxygen atoms in total. The molecule has 1 saturated heterocycles. The van der Waals surface area contributed by atoms with Crippen molar-refractivity contribution in [1.82, 2.24) is 19.7 Å². The number of ether oxygens (including phenoxy) is 2. The van der Waals surface area contributed by atoms with Gasteiger partial charge in [0, 0.05) is 33.4 Å². The van der Waals surface area contributed by atoms with Gasteiger partial charge >= 0.3 is 0 Å². The third-order valence-electron chi connectivity index (χ3n) is 3.66. The summed E-state index contributed by atoms with van der Waals surface area (Å²) in [6.45, 7) is 5.56. The maximum atomic E-state index is 5.47. The Morgan fingerprint density at radius 1 is 1.42 bits per heavy atom. The van der Waals surface area contributed by atoms with Crippen LogP contribution in [0.3, 0.4) is 0 Å². The standard InChI is InChI=1S/C13H24N4O2/c1-4-5-17-13(14-10-15-17)8-16-7-12(19-3)6-11(16)9-18-2/h10-12H,4-9H2,1-3H3/t11-,12+/m0/s1. The summed E-state index contributed by atoms with van der Waals surface area (Å²) >= 11 is 0. The minimum atomic E-state index is 0.294. The molecule has 108 valence electrons. The predicted octanol–water partition coefficient (Wildman–Crippen LogP) is 0.924. The maximum absolute atomic E-state index is 5.47. The van der Waals surface area contributed by atoms with Crippen LogP contribution in [0.25, 0.3) is 0 Å². The van der Waals surface area contributed by atoms with Gasteiger partial charge in [0.05, 0.1) is 19.3 Å². The number of aryl methyl sites for hydroxylation is 1. The normalized spacial score (nSPS) is 24.2. The van der Waals surface area contributed by atoms with E-state index in [0.717, 1.165) is 44.9 Å². The van der Waals surface area contributed by atoms with E-state index in [1.165, 1.54) is 0 Å². The highest BCUT2D eigenvalue weighted by molar-refractivity contribution is 4.92. The molecule has 1 aliphatic heterocycles. The minimum absolute atomic E-state index is 0.294. The predicted molar refractivity (Wildman–Crippen MR) is 71.8 cm³/mol. The maximum Gasteiger partial charge on any atom is 0.141 e. The summed E-state index contributed by atoms with van der Waals surface area (Å²) in [5.41, 5.74) is 0. The number of hydrogen-bond acceptors (Lipinski definition) is 5. The van der Waals surface area contributed by atoms with Crippen LogP contribution >= 0.6 is 0 Å². The van der Waals surface area contributed by atoms with E-state index in [1.807, 2.05) is 4.68 Å². The highest BCUT2D eigenvalue weighted by atomic mass is 16.5. The van der Waals surface area contributed by atoms with Crippen LogP contribution in [0.2, 0.25) is 0 Å². The summed E-state index contributed by atoms with van der Waals surface area (Å²) in [6, 6.07) is 0.404. The molecule has 2 rings (SSSR count). The van der Waals surface area contributed by atoms with E-state index < -0.39 is 0 Å². The van der Waals surface area contributed by atoms with Crippen molar-refractivity contribution in [2.45, 2.75) is 45.0 Å². The van der Waals surface area contributed by atoms with E-state index in [4.69, 9.17) is 9.47 Å². The molecule has 2 heterocycles. The molecular formula is C13H24N4O2. The summed E-state index contributed by atoms with van der Waals surface area (Å²) in [5, 5.41) is 4.27. The van der Waals surface area contributed by atoms with Crippen molar-refractivity contribution in [3.63, 3.8) is 0 Å². The fourth-order valence-corrected chi connectivity index (χ4v) is 2.66. The molecule has 6 heteroatoms.